The van der Waals surface area contributed by atoms with Crippen LogP contribution in [0.4, 0.5) is 8.78 Å². The van der Waals surface area contributed by atoms with Crippen LogP contribution in [0.2, 0.25) is 0 Å². The number of amides is 2. The number of nitrogen functional groups attached to an aromatic ring is 1. The minimum Gasteiger partial charge on any atom is -0.336 e. The highest BCUT2D eigenvalue weighted by atomic mass is 32.2. The van der Waals surface area contributed by atoms with Gasteiger partial charge in [0, 0.05) is 18.5 Å². The molecule has 2 amide bonds. The number of nitrogens with two attached hydrogens (primary N) is 1. The Hall–Kier alpha value is -3.27. The number of thioether (sulfide) groups is 1. The molecule has 0 spiro atoms. The lowest BCUT2D eigenvalue weighted by atomic mass is 10.1. The quantitative estimate of drug-likeness (QED) is 0.467. The molecule has 3 aromatic rings. The van der Waals surface area contributed by atoms with Crippen molar-refractivity contribution in [2.75, 3.05) is 12.4 Å². The molecule has 1 atom stereocenters. The minimum atomic E-state index is -0.574. The Morgan fingerprint density at radius 2 is 1.84 bits per heavy atom. The van der Waals surface area contributed by atoms with Crippen molar-refractivity contribution in [3.8, 4) is 0 Å². The molecule has 1 fully saturated rings. The van der Waals surface area contributed by atoms with Crippen LogP contribution in [0.1, 0.15) is 41.0 Å². The van der Waals surface area contributed by atoms with E-state index in [0.717, 1.165) is 18.2 Å². The molecule has 10 heteroatoms. The predicted octanol–water partition coefficient (Wildman–Crippen LogP) is 3.17. The van der Waals surface area contributed by atoms with Gasteiger partial charge in [0.1, 0.15) is 11.6 Å². The number of rotatable bonds is 5. The van der Waals surface area contributed by atoms with Gasteiger partial charge >= 0.3 is 0 Å². The molecular weight excluding hydrogens is 436 g/mol. The molecule has 2 aromatic carbocycles. The first kappa shape index (κ1) is 21.9. The summed E-state index contributed by atoms with van der Waals surface area (Å²) in [6.45, 7) is 0.292. The largest absolute Gasteiger partial charge is 0.336 e. The van der Waals surface area contributed by atoms with E-state index in [-0.39, 0.29) is 23.7 Å². The Morgan fingerprint density at radius 1 is 1.09 bits per heavy atom. The number of nitrogens with zero attached hydrogens (tertiary/aromatic N) is 4. The van der Waals surface area contributed by atoms with Crippen LogP contribution in [-0.4, -0.2) is 43.4 Å². The zero-order chi connectivity index (χ0) is 22.7. The topological polar surface area (TPSA) is 94.1 Å². The second-order valence-corrected chi connectivity index (χ2v) is 8.61. The van der Waals surface area contributed by atoms with Crippen molar-refractivity contribution in [3.05, 3.63) is 77.1 Å². The Labute approximate surface area is 187 Å². The van der Waals surface area contributed by atoms with Crippen molar-refractivity contribution < 1.29 is 18.4 Å². The molecule has 0 bridgehead atoms. The molecule has 1 aliphatic rings. The molecule has 1 aromatic heterocycles. The van der Waals surface area contributed by atoms with E-state index < -0.39 is 17.0 Å². The third kappa shape index (κ3) is 4.64. The van der Waals surface area contributed by atoms with Gasteiger partial charge in [0.05, 0.1) is 5.25 Å². The molecule has 166 valence electrons. The van der Waals surface area contributed by atoms with Crippen LogP contribution in [0.15, 0.2) is 53.7 Å². The van der Waals surface area contributed by atoms with E-state index in [9.17, 15) is 18.4 Å². The number of hydrogen-bond acceptors (Lipinski definition) is 6. The van der Waals surface area contributed by atoms with Crippen LogP contribution in [0.25, 0.3) is 0 Å². The van der Waals surface area contributed by atoms with Crippen LogP contribution >= 0.6 is 11.8 Å². The van der Waals surface area contributed by atoms with Crippen molar-refractivity contribution in [3.63, 3.8) is 0 Å². The van der Waals surface area contributed by atoms with Gasteiger partial charge in [-0.2, -0.15) is 0 Å². The zero-order valence-electron chi connectivity index (χ0n) is 17.1. The van der Waals surface area contributed by atoms with Crippen molar-refractivity contribution >= 4 is 23.6 Å². The predicted molar refractivity (Wildman–Crippen MR) is 115 cm³/mol. The van der Waals surface area contributed by atoms with Gasteiger partial charge < -0.3 is 5.84 Å². The molecule has 0 unspecified atom stereocenters. The highest BCUT2D eigenvalue weighted by molar-refractivity contribution is 8.00. The fourth-order valence-electron chi connectivity index (χ4n) is 3.51. The molecule has 1 saturated heterocycles. The summed E-state index contributed by atoms with van der Waals surface area (Å²) in [6, 6.07) is 11.4. The number of carbonyl (C=O) groups excluding carboxylic acids is 2. The second kappa shape index (κ2) is 9.47. The average molecular weight is 458 g/mol. The van der Waals surface area contributed by atoms with Crippen molar-refractivity contribution in [2.45, 2.75) is 36.1 Å². The minimum absolute atomic E-state index is 0.157. The maximum absolute atomic E-state index is 14.0. The van der Waals surface area contributed by atoms with Crippen molar-refractivity contribution in [1.82, 2.24) is 19.8 Å². The van der Waals surface area contributed by atoms with Crippen LogP contribution < -0.4 is 5.84 Å². The van der Waals surface area contributed by atoms with Gasteiger partial charge in [-0.05, 0) is 48.7 Å². The standard InChI is InChI=1S/C22H21F2N5O2S/c23-16-10-8-14(9-11-16)20(30)28-12-4-3-7-18(21(28)31)32-22-27-26-19(29(22)25)13-15-5-1-2-6-17(15)24/h1-2,5-6,8-11,18H,3-4,7,12-13,25H2/t18-/m1/s1. The zero-order valence-corrected chi connectivity index (χ0v) is 17.9. The maximum atomic E-state index is 14.0. The molecule has 32 heavy (non-hydrogen) atoms. The first-order valence-electron chi connectivity index (χ1n) is 10.1. The van der Waals surface area contributed by atoms with Crippen LogP contribution in [-0.2, 0) is 11.2 Å². The van der Waals surface area contributed by atoms with E-state index in [1.54, 1.807) is 18.2 Å². The Morgan fingerprint density at radius 3 is 2.59 bits per heavy atom. The number of hydrogen-bond donors (Lipinski definition) is 1. The first-order valence-corrected chi connectivity index (χ1v) is 11.0. The molecule has 2 N–H and O–H groups in total. The lowest BCUT2D eigenvalue weighted by Crippen LogP contribution is -2.41. The first-order chi connectivity index (χ1) is 15.4. The van der Waals surface area contributed by atoms with Gasteiger partial charge in [-0.1, -0.05) is 36.4 Å². The molecule has 7 nitrogen and oxygen atoms in total. The third-order valence-corrected chi connectivity index (χ3v) is 6.48. The van der Waals surface area contributed by atoms with E-state index in [1.807, 2.05) is 0 Å². The summed E-state index contributed by atoms with van der Waals surface area (Å²) in [7, 11) is 0. The molecule has 2 heterocycles. The molecule has 0 saturated carbocycles. The summed E-state index contributed by atoms with van der Waals surface area (Å²) in [5, 5.41) is 7.86. The van der Waals surface area contributed by atoms with Gasteiger partial charge in [-0.25, -0.2) is 13.5 Å². The second-order valence-electron chi connectivity index (χ2n) is 7.44. The highest BCUT2D eigenvalue weighted by Gasteiger charge is 2.33. The Balaban J connectivity index is 1.50. The fraction of sp³-hybridized carbons (Fsp3) is 0.273. The SMILES string of the molecule is Nn1c(Cc2ccccc2F)nnc1S[C@@H]1CCCCN(C(=O)c2ccc(F)cc2)C1=O. The van der Waals surface area contributed by atoms with Gasteiger partial charge in [0.2, 0.25) is 11.1 Å². The molecule has 0 radical (unpaired) electrons. The number of imide groups is 1. The summed E-state index contributed by atoms with van der Waals surface area (Å²) < 4.78 is 28.4. The highest BCUT2D eigenvalue weighted by Crippen LogP contribution is 2.30. The molecule has 4 rings (SSSR count). The molecular formula is C22H21F2N5O2S. The van der Waals surface area contributed by atoms with Gasteiger partial charge in [-0.3, -0.25) is 14.5 Å². The normalized spacial score (nSPS) is 16.8. The van der Waals surface area contributed by atoms with Gasteiger partial charge in [0.25, 0.3) is 5.91 Å². The smallest absolute Gasteiger partial charge is 0.260 e. The van der Waals surface area contributed by atoms with E-state index in [2.05, 4.69) is 10.2 Å². The maximum Gasteiger partial charge on any atom is 0.260 e. The van der Waals surface area contributed by atoms with E-state index in [0.29, 0.717) is 35.9 Å². The fourth-order valence-corrected chi connectivity index (χ4v) is 4.59. The van der Waals surface area contributed by atoms with Crippen molar-refractivity contribution in [2.24, 2.45) is 0 Å². The summed E-state index contributed by atoms with van der Waals surface area (Å²) in [5.41, 5.74) is 0.685. The van der Waals surface area contributed by atoms with Gasteiger partial charge in [0.15, 0.2) is 5.82 Å². The molecule has 0 aliphatic carbocycles. The number of benzene rings is 2. The number of halogens is 2. The summed E-state index contributed by atoms with van der Waals surface area (Å²) >= 11 is 1.13. The summed E-state index contributed by atoms with van der Waals surface area (Å²) in [5.74, 6) is 4.86. The monoisotopic (exact) mass is 457 g/mol. The van der Waals surface area contributed by atoms with Crippen molar-refractivity contribution in [1.29, 1.82) is 0 Å². The van der Waals surface area contributed by atoms with E-state index in [4.69, 9.17) is 5.84 Å². The molecule has 1 aliphatic heterocycles. The van der Waals surface area contributed by atoms with Crippen LogP contribution in [0.5, 0.6) is 0 Å². The average Bonchev–Trinajstić information content (AvgIpc) is 3.01. The van der Waals surface area contributed by atoms with E-state index in [1.165, 1.54) is 39.9 Å². The third-order valence-electron chi connectivity index (χ3n) is 5.27. The summed E-state index contributed by atoms with van der Waals surface area (Å²) in [4.78, 5) is 27.2. The van der Waals surface area contributed by atoms with Crippen LogP contribution in [0, 0.1) is 11.6 Å². The lowest BCUT2D eigenvalue weighted by Gasteiger charge is -2.22. The number of aromatic nitrogens is 3. The lowest BCUT2D eigenvalue weighted by molar-refractivity contribution is -0.127. The van der Waals surface area contributed by atoms with Crippen LogP contribution in [0.3, 0.4) is 0 Å². The Bertz CT molecular complexity index is 1140. The Kier molecular flexibility index (Phi) is 6.50. The van der Waals surface area contributed by atoms with Gasteiger partial charge in [-0.15, -0.1) is 10.2 Å². The number of carbonyl (C=O) groups is 2. The van der Waals surface area contributed by atoms with E-state index >= 15 is 0 Å². The summed E-state index contributed by atoms with van der Waals surface area (Å²) in [6.07, 6.45) is 2.12. The number of likely N-dealkylation sites (tertiary alicyclic amines) is 1.